The lowest BCUT2D eigenvalue weighted by atomic mass is 10.2. The van der Waals surface area contributed by atoms with Gasteiger partial charge in [-0.2, -0.15) is 9.61 Å². The first-order chi connectivity index (χ1) is 8.31. The summed E-state index contributed by atoms with van der Waals surface area (Å²) in [4.78, 5) is 4.18. The summed E-state index contributed by atoms with van der Waals surface area (Å²) in [6, 6.07) is 4.08. The van der Waals surface area contributed by atoms with Gasteiger partial charge in [-0.15, -0.1) is 12.3 Å². The minimum Gasteiger partial charge on any atom is -0.370 e. The van der Waals surface area contributed by atoms with Crippen LogP contribution in [0.3, 0.4) is 0 Å². The molecule has 0 bridgehead atoms. The number of rotatable bonds is 5. The van der Waals surface area contributed by atoms with Crippen LogP contribution in [0, 0.1) is 19.3 Å². The smallest absolute Gasteiger partial charge is 0.157 e. The van der Waals surface area contributed by atoms with E-state index < -0.39 is 0 Å². The van der Waals surface area contributed by atoms with Gasteiger partial charge in [-0.1, -0.05) is 0 Å². The topological polar surface area (TPSA) is 42.2 Å². The average Bonchev–Trinajstić information content (AvgIpc) is 2.76. The number of fused-ring (bicyclic) bond motifs is 1. The molecule has 0 unspecified atom stereocenters. The predicted octanol–water partition coefficient (Wildman–Crippen LogP) is 2.25. The van der Waals surface area contributed by atoms with Gasteiger partial charge < -0.3 is 5.32 Å². The number of anilines is 1. The lowest BCUT2D eigenvalue weighted by molar-refractivity contribution is 0.782. The fourth-order valence-corrected chi connectivity index (χ4v) is 1.75. The molecule has 2 aromatic heterocycles. The molecule has 0 saturated heterocycles. The Balaban J connectivity index is 2.03. The summed E-state index contributed by atoms with van der Waals surface area (Å²) in [6.45, 7) is 2.96. The Hall–Kier alpha value is -2.02. The van der Waals surface area contributed by atoms with Crippen LogP contribution < -0.4 is 5.32 Å². The molecular formula is C13H16N4. The third kappa shape index (κ3) is 2.76. The summed E-state index contributed by atoms with van der Waals surface area (Å²) in [5.41, 5.74) is 2.05. The zero-order valence-electron chi connectivity index (χ0n) is 9.98. The van der Waals surface area contributed by atoms with Gasteiger partial charge in [0.15, 0.2) is 5.65 Å². The number of aromatic nitrogens is 3. The van der Waals surface area contributed by atoms with Gasteiger partial charge in [0.2, 0.25) is 0 Å². The molecule has 0 atom stereocenters. The largest absolute Gasteiger partial charge is 0.370 e. The fourth-order valence-electron chi connectivity index (χ4n) is 1.75. The van der Waals surface area contributed by atoms with Gasteiger partial charge >= 0.3 is 0 Å². The van der Waals surface area contributed by atoms with Crippen molar-refractivity contribution < 1.29 is 0 Å². The zero-order valence-corrected chi connectivity index (χ0v) is 9.98. The monoisotopic (exact) mass is 228 g/mol. The standard InChI is InChI=1S/C13H16N4/c1-3-4-5-6-7-14-12-8-11(2)9-13-15-10-16-17(12)13/h1,8-10,14H,4-7H2,2H3. The Morgan fingerprint density at radius 2 is 2.29 bits per heavy atom. The molecule has 0 aliphatic heterocycles. The number of nitrogens with zero attached hydrogens (tertiary/aromatic N) is 3. The van der Waals surface area contributed by atoms with Crippen molar-refractivity contribution in [3.63, 3.8) is 0 Å². The first-order valence-electron chi connectivity index (χ1n) is 5.79. The summed E-state index contributed by atoms with van der Waals surface area (Å²) in [5.74, 6) is 3.63. The van der Waals surface area contributed by atoms with Crippen molar-refractivity contribution in [2.45, 2.75) is 26.2 Å². The van der Waals surface area contributed by atoms with Crippen LogP contribution in [0.2, 0.25) is 0 Å². The molecule has 0 aromatic carbocycles. The quantitative estimate of drug-likeness (QED) is 0.630. The van der Waals surface area contributed by atoms with E-state index in [4.69, 9.17) is 6.42 Å². The molecule has 2 aromatic rings. The van der Waals surface area contributed by atoms with E-state index in [0.717, 1.165) is 37.3 Å². The van der Waals surface area contributed by atoms with E-state index in [2.05, 4.69) is 34.3 Å². The molecule has 0 aliphatic rings. The number of hydrogen-bond donors (Lipinski definition) is 1. The second kappa shape index (κ2) is 5.35. The molecule has 0 aliphatic carbocycles. The normalized spacial score (nSPS) is 10.4. The molecule has 0 saturated carbocycles. The van der Waals surface area contributed by atoms with Crippen molar-refractivity contribution in [2.75, 3.05) is 11.9 Å². The van der Waals surface area contributed by atoms with Crippen molar-refractivity contribution in [3.05, 3.63) is 24.0 Å². The molecule has 17 heavy (non-hydrogen) atoms. The van der Waals surface area contributed by atoms with Crippen molar-refractivity contribution >= 4 is 11.5 Å². The van der Waals surface area contributed by atoms with Gasteiger partial charge in [0.25, 0.3) is 0 Å². The molecule has 2 heterocycles. The number of aryl methyl sites for hydroxylation is 1. The van der Waals surface area contributed by atoms with Gasteiger partial charge in [-0.3, -0.25) is 0 Å². The Kier molecular flexibility index (Phi) is 3.61. The van der Waals surface area contributed by atoms with Gasteiger partial charge in [-0.25, -0.2) is 4.98 Å². The van der Waals surface area contributed by atoms with Gasteiger partial charge in [-0.05, 0) is 37.5 Å². The molecule has 4 heteroatoms. The highest BCUT2D eigenvalue weighted by atomic mass is 15.3. The van der Waals surface area contributed by atoms with E-state index in [1.54, 1.807) is 6.33 Å². The number of hydrogen-bond acceptors (Lipinski definition) is 3. The summed E-state index contributed by atoms with van der Waals surface area (Å²) in [5, 5.41) is 7.55. The Morgan fingerprint density at radius 3 is 3.12 bits per heavy atom. The van der Waals surface area contributed by atoms with Crippen LogP contribution in [0.4, 0.5) is 5.82 Å². The second-order valence-corrected chi connectivity index (χ2v) is 4.04. The van der Waals surface area contributed by atoms with E-state index in [1.165, 1.54) is 5.56 Å². The Morgan fingerprint density at radius 1 is 1.41 bits per heavy atom. The summed E-state index contributed by atoms with van der Waals surface area (Å²) in [7, 11) is 0. The lowest BCUT2D eigenvalue weighted by Crippen LogP contribution is -2.07. The van der Waals surface area contributed by atoms with Crippen LogP contribution in [-0.2, 0) is 0 Å². The van der Waals surface area contributed by atoms with Crippen LogP contribution in [0.15, 0.2) is 18.5 Å². The van der Waals surface area contributed by atoms with Gasteiger partial charge in [0.05, 0.1) is 0 Å². The maximum atomic E-state index is 5.21. The maximum Gasteiger partial charge on any atom is 0.157 e. The molecular weight excluding hydrogens is 212 g/mol. The third-order valence-corrected chi connectivity index (χ3v) is 2.58. The maximum absolute atomic E-state index is 5.21. The first kappa shape index (κ1) is 11.5. The minimum atomic E-state index is 0.842. The van der Waals surface area contributed by atoms with E-state index in [1.807, 2.05) is 10.6 Å². The van der Waals surface area contributed by atoms with E-state index in [0.29, 0.717) is 0 Å². The van der Waals surface area contributed by atoms with E-state index >= 15 is 0 Å². The van der Waals surface area contributed by atoms with Crippen molar-refractivity contribution in [2.24, 2.45) is 0 Å². The summed E-state index contributed by atoms with van der Waals surface area (Å²) < 4.78 is 1.81. The van der Waals surface area contributed by atoms with Crippen molar-refractivity contribution in [1.29, 1.82) is 0 Å². The van der Waals surface area contributed by atoms with Gasteiger partial charge in [0, 0.05) is 13.0 Å². The molecule has 4 nitrogen and oxygen atoms in total. The van der Waals surface area contributed by atoms with E-state index in [9.17, 15) is 0 Å². The molecule has 0 fully saturated rings. The lowest BCUT2D eigenvalue weighted by Gasteiger charge is -2.08. The van der Waals surface area contributed by atoms with E-state index in [-0.39, 0.29) is 0 Å². The molecule has 0 amide bonds. The molecule has 0 spiro atoms. The molecule has 1 N–H and O–H groups in total. The highest BCUT2D eigenvalue weighted by molar-refractivity contribution is 5.51. The van der Waals surface area contributed by atoms with Crippen LogP contribution in [-0.4, -0.2) is 21.1 Å². The van der Waals surface area contributed by atoms with Gasteiger partial charge in [0.1, 0.15) is 12.1 Å². The highest BCUT2D eigenvalue weighted by Gasteiger charge is 2.02. The first-order valence-corrected chi connectivity index (χ1v) is 5.79. The summed E-state index contributed by atoms with van der Waals surface area (Å²) in [6.07, 6.45) is 9.73. The third-order valence-electron chi connectivity index (χ3n) is 2.58. The van der Waals surface area contributed by atoms with Crippen LogP contribution in [0.1, 0.15) is 24.8 Å². The fraction of sp³-hybridized carbons (Fsp3) is 0.385. The Labute approximate surface area is 101 Å². The highest BCUT2D eigenvalue weighted by Crippen LogP contribution is 2.13. The average molecular weight is 228 g/mol. The van der Waals surface area contributed by atoms with Crippen LogP contribution >= 0.6 is 0 Å². The van der Waals surface area contributed by atoms with Crippen molar-refractivity contribution in [3.8, 4) is 12.3 Å². The van der Waals surface area contributed by atoms with Crippen molar-refractivity contribution in [1.82, 2.24) is 14.6 Å². The second-order valence-electron chi connectivity index (χ2n) is 4.04. The minimum absolute atomic E-state index is 0.842. The number of terminal acetylenes is 1. The molecule has 0 radical (unpaired) electrons. The number of nitrogens with one attached hydrogen (secondary N) is 1. The summed E-state index contributed by atoms with van der Waals surface area (Å²) >= 11 is 0. The molecule has 2 rings (SSSR count). The zero-order chi connectivity index (χ0) is 12.1. The number of unbranched alkanes of at least 4 members (excludes halogenated alkanes) is 2. The number of pyridine rings is 1. The SMILES string of the molecule is C#CCCCCNc1cc(C)cc2ncnn12. The molecule has 88 valence electrons. The van der Waals surface area contributed by atoms with Crippen LogP contribution in [0.5, 0.6) is 0 Å². The predicted molar refractivity (Wildman–Crippen MR) is 68.9 cm³/mol. The van der Waals surface area contributed by atoms with Crippen LogP contribution in [0.25, 0.3) is 5.65 Å². The Bertz CT molecular complexity index is 536.